The monoisotopic (exact) mass is 581 g/mol. The number of aromatic nitrogens is 3. The lowest BCUT2D eigenvalue weighted by Gasteiger charge is -2.60. The third kappa shape index (κ3) is 2.90. The molecule has 1 aromatic carbocycles. The summed E-state index contributed by atoms with van der Waals surface area (Å²) in [6.45, 7) is 4.88. The number of para-hydroxylation sites is 2. The molecule has 35 heavy (non-hydrogen) atoms. The van der Waals surface area contributed by atoms with E-state index in [1.807, 2.05) is 0 Å². The molecule has 2 heterocycles. The largest absolute Gasteiger partial charge is 1.00 e. The second-order valence-electron chi connectivity index (χ2n) is 12.5. The topological polar surface area (TPSA) is 41.4 Å². The summed E-state index contributed by atoms with van der Waals surface area (Å²) in [7, 11) is 2.13. The lowest BCUT2D eigenvalue weighted by atomic mass is 9.44. The van der Waals surface area contributed by atoms with Crippen LogP contribution in [0.3, 0.4) is 0 Å². The zero-order valence-corrected chi connectivity index (χ0v) is 23.3. The maximum atomic E-state index is 11.3. The van der Waals surface area contributed by atoms with Gasteiger partial charge in [-0.25, -0.2) is 4.57 Å². The molecule has 4 aliphatic carbocycles. The quantitative estimate of drug-likeness (QED) is 0.249. The number of halogens is 1. The summed E-state index contributed by atoms with van der Waals surface area (Å²) in [4.78, 5) is 5.24. The van der Waals surface area contributed by atoms with Crippen LogP contribution < -0.4 is 28.5 Å². The van der Waals surface area contributed by atoms with Gasteiger partial charge in [0.05, 0.1) is 13.2 Å². The highest BCUT2D eigenvalue weighted by atomic mass is 127. The summed E-state index contributed by atoms with van der Waals surface area (Å²) in [5.74, 6) is 6.53. The van der Waals surface area contributed by atoms with E-state index in [4.69, 9.17) is 11.4 Å². The molecule has 3 saturated carbocycles. The highest BCUT2D eigenvalue weighted by Crippen LogP contribution is 2.67. The van der Waals surface area contributed by atoms with E-state index in [0.717, 1.165) is 37.9 Å². The molecule has 0 spiro atoms. The van der Waals surface area contributed by atoms with Gasteiger partial charge >= 0.3 is 5.78 Å². The summed E-state index contributed by atoms with van der Waals surface area (Å²) in [5.41, 5.74) is 4.48. The van der Waals surface area contributed by atoms with Crippen LogP contribution in [0.25, 0.3) is 16.8 Å². The average Bonchev–Trinajstić information content (AvgIpc) is 3.27. The molecule has 5 heteroatoms. The molecular weight excluding hydrogens is 545 g/mol. The van der Waals surface area contributed by atoms with E-state index in [2.05, 4.69) is 66.2 Å². The first-order valence-electron chi connectivity index (χ1n) is 13.3. The number of hydrogen-bond donors (Lipinski definition) is 1. The van der Waals surface area contributed by atoms with Crippen LogP contribution in [0, 0.1) is 46.8 Å². The van der Waals surface area contributed by atoms with Gasteiger partial charge in [0.2, 0.25) is 0 Å². The predicted molar refractivity (Wildman–Crippen MR) is 133 cm³/mol. The summed E-state index contributed by atoms with van der Waals surface area (Å²) >= 11 is 0. The minimum absolute atomic E-state index is 0. The predicted octanol–water partition coefficient (Wildman–Crippen LogP) is 1.64. The maximum Gasteiger partial charge on any atom is 0.404 e. The number of aliphatic hydroxyl groups is 1. The van der Waals surface area contributed by atoms with Crippen molar-refractivity contribution >= 4 is 16.8 Å². The van der Waals surface area contributed by atoms with Crippen molar-refractivity contribution in [2.45, 2.75) is 70.8 Å². The third-order valence-electron chi connectivity index (χ3n) is 11.4. The molecule has 7 atom stereocenters. The number of hydrogen-bond acceptors (Lipinski definition) is 2. The van der Waals surface area contributed by atoms with Crippen molar-refractivity contribution in [3.05, 3.63) is 41.7 Å². The van der Waals surface area contributed by atoms with Gasteiger partial charge in [0.15, 0.2) is 0 Å². The molecule has 4 nitrogen and oxygen atoms in total. The molecule has 2 aromatic heterocycles. The van der Waals surface area contributed by atoms with Crippen molar-refractivity contribution in [2.24, 2.45) is 41.5 Å². The molecule has 0 bridgehead atoms. The van der Waals surface area contributed by atoms with E-state index in [-0.39, 0.29) is 29.4 Å². The molecule has 0 aliphatic heterocycles. The summed E-state index contributed by atoms with van der Waals surface area (Å²) in [6, 6.07) is 8.62. The second-order valence-corrected chi connectivity index (χ2v) is 12.5. The summed E-state index contributed by atoms with van der Waals surface area (Å²) in [5, 5.41) is 11.3. The Morgan fingerprint density at radius 3 is 2.69 bits per heavy atom. The lowest BCUT2D eigenvalue weighted by molar-refractivity contribution is -0.620. The van der Waals surface area contributed by atoms with Gasteiger partial charge in [0.1, 0.15) is 22.3 Å². The number of benzene rings is 1. The molecule has 4 aliphatic rings. The van der Waals surface area contributed by atoms with Gasteiger partial charge < -0.3 is 29.1 Å². The van der Waals surface area contributed by atoms with E-state index in [9.17, 15) is 5.11 Å². The van der Waals surface area contributed by atoms with E-state index in [0.29, 0.717) is 29.1 Å². The van der Waals surface area contributed by atoms with Crippen LogP contribution in [-0.2, 0) is 19.9 Å². The van der Waals surface area contributed by atoms with Gasteiger partial charge in [-0.3, -0.25) is 0 Å². The minimum Gasteiger partial charge on any atom is -1.00 e. The third-order valence-corrected chi connectivity index (χ3v) is 11.4. The summed E-state index contributed by atoms with van der Waals surface area (Å²) in [6.07, 6.45) is 17.2. The zero-order valence-electron chi connectivity index (χ0n) is 21.1. The number of imidazole rings is 1. The Balaban J connectivity index is 0.00000229. The molecule has 184 valence electrons. The molecule has 0 radical (unpaired) electrons. The molecule has 7 rings (SSSR count). The fourth-order valence-electron chi connectivity index (χ4n) is 9.37. The molecular formula is C30H36IN3O. The van der Waals surface area contributed by atoms with Gasteiger partial charge in [0, 0.05) is 17.4 Å². The number of terminal acetylenes is 1. The van der Waals surface area contributed by atoms with Gasteiger partial charge in [0.25, 0.3) is 0 Å². The lowest BCUT2D eigenvalue weighted by Crippen LogP contribution is -3.00. The first-order valence-corrected chi connectivity index (χ1v) is 13.3. The number of aryl methyl sites for hydroxylation is 1. The van der Waals surface area contributed by atoms with Crippen molar-refractivity contribution in [1.82, 2.24) is 9.38 Å². The van der Waals surface area contributed by atoms with Crippen molar-refractivity contribution in [3.63, 3.8) is 0 Å². The van der Waals surface area contributed by atoms with Gasteiger partial charge in [-0.2, -0.15) is 4.40 Å². The maximum absolute atomic E-state index is 11.3. The standard InChI is InChI=1S/C30H36N3O.HI/c1-5-30(34)15-13-23-21-11-10-20-16-24-19(17-28(20,2)22(21)12-14-29(23,30)3)18-33-26-9-7-6-8-25(26)32(4)27(33)31-24;/h1,6-9,18,20-23,34H,10-17H2,2-4H3;1H/q+1;/p-1/t20-,21?,22?,23-,28-,29-,30-;/m0./s1. The van der Waals surface area contributed by atoms with E-state index < -0.39 is 5.60 Å². The highest BCUT2D eigenvalue weighted by molar-refractivity contribution is 5.74. The molecule has 0 amide bonds. The summed E-state index contributed by atoms with van der Waals surface area (Å²) < 4.78 is 4.54. The Bertz CT molecular complexity index is 1390. The van der Waals surface area contributed by atoms with Crippen LogP contribution >= 0.6 is 0 Å². The molecule has 3 aromatic rings. The number of fused-ring (bicyclic) bond motifs is 9. The van der Waals surface area contributed by atoms with E-state index >= 15 is 0 Å². The Morgan fingerprint density at radius 2 is 1.89 bits per heavy atom. The second kappa shape index (κ2) is 7.68. The Kier molecular flexibility index (Phi) is 5.21. The molecule has 3 fully saturated rings. The zero-order chi connectivity index (χ0) is 23.5. The Hall–Kier alpha value is -1.65. The fraction of sp³-hybridized carbons (Fsp3) is 0.600. The minimum atomic E-state index is -0.917. The van der Waals surface area contributed by atoms with E-state index in [1.165, 1.54) is 41.6 Å². The van der Waals surface area contributed by atoms with Crippen LogP contribution in [0.15, 0.2) is 30.5 Å². The number of rotatable bonds is 0. The van der Waals surface area contributed by atoms with Gasteiger partial charge in [-0.05, 0) is 86.2 Å². The molecule has 1 N–H and O–H groups in total. The van der Waals surface area contributed by atoms with Crippen molar-refractivity contribution in [3.8, 4) is 12.3 Å². The van der Waals surface area contributed by atoms with Crippen LogP contribution in [-0.4, -0.2) is 20.1 Å². The molecule has 2 unspecified atom stereocenters. The van der Waals surface area contributed by atoms with Crippen LogP contribution in [0.4, 0.5) is 0 Å². The van der Waals surface area contributed by atoms with Crippen molar-refractivity contribution in [2.75, 3.05) is 0 Å². The molecule has 0 saturated heterocycles. The van der Waals surface area contributed by atoms with Gasteiger partial charge in [-0.15, -0.1) is 6.42 Å². The van der Waals surface area contributed by atoms with Crippen LogP contribution in [0.2, 0.25) is 0 Å². The van der Waals surface area contributed by atoms with Crippen molar-refractivity contribution < 1.29 is 33.7 Å². The average molecular weight is 582 g/mol. The normalized spacial score (nSPS) is 39.7. The highest BCUT2D eigenvalue weighted by Gasteiger charge is 2.64. The fourth-order valence-corrected chi connectivity index (χ4v) is 9.37. The van der Waals surface area contributed by atoms with E-state index in [1.54, 1.807) is 0 Å². The van der Waals surface area contributed by atoms with Crippen LogP contribution in [0.1, 0.15) is 63.6 Å². The smallest absolute Gasteiger partial charge is 0.404 e. The first-order chi connectivity index (χ1) is 16.3. The number of nitrogens with zero attached hydrogens (tertiary/aromatic N) is 3. The Labute approximate surface area is 225 Å². The van der Waals surface area contributed by atoms with Crippen LogP contribution in [0.5, 0.6) is 0 Å². The first kappa shape index (κ1) is 23.7. The van der Waals surface area contributed by atoms with Gasteiger partial charge in [-0.1, -0.05) is 36.9 Å². The SMILES string of the molecule is C#C[C@]1(O)CC[C@H]2C3CC[C@H]4Cc5nc6n(cc5C[C@]4(C)C3CC[C@@]21C)c1ccccc1[n+]6C.[I-]. The van der Waals surface area contributed by atoms with Crippen molar-refractivity contribution in [1.29, 1.82) is 0 Å². The Morgan fingerprint density at radius 1 is 1.11 bits per heavy atom.